The summed E-state index contributed by atoms with van der Waals surface area (Å²) in [5.41, 5.74) is 0.278. The lowest BCUT2D eigenvalue weighted by atomic mass is 10.2. The Morgan fingerprint density at radius 3 is 2.62 bits per heavy atom. The van der Waals surface area contributed by atoms with E-state index in [-0.39, 0.29) is 5.56 Å². The van der Waals surface area contributed by atoms with Crippen molar-refractivity contribution < 1.29 is 14.6 Å². The van der Waals surface area contributed by atoms with E-state index in [2.05, 4.69) is 17.1 Å². The second kappa shape index (κ2) is 8.00. The summed E-state index contributed by atoms with van der Waals surface area (Å²) in [4.78, 5) is 13.2. The molecule has 0 spiro atoms. The zero-order chi connectivity index (χ0) is 15.1. The molecule has 0 saturated carbocycles. The first-order valence-electron chi connectivity index (χ1n) is 7.58. The van der Waals surface area contributed by atoms with Gasteiger partial charge in [0.25, 0.3) is 0 Å². The molecule has 5 heteroatoms. The van der Waals surface area contributed by atoms with Crippen LogP contribution in [-0.4, -0.2) is 54.8 Å². The lowest BCUT2D eigenvalue weighted by Crippen LogP contribution is -2.39. The van der Waals surface area contributed by atoms with Gasteiger partial charge in [0.15, 0.2) is 0 Å². The molecule has 1 aromatic carbocycles. The normalized spacial score (nSPS) is 16.8. The number of ether oxygens (including phenoxy) is 1. The smallest absolute Gasteiger partial charge is 0.335 e. The molecule has 1 fully saturated rings. The zero-order valence-electron chi connectivity index (χ0n) is 12.5. The van der Waals surface area contributed by atoms with Gasteiger partial charge in [-0.2, -0.15) is 0 Å². The van der Waals surface area contributed by atoms with Gasteiger partial charge in [-0.1, -0.05) is 0 Å². The van der Waals surface area contributed by atoms with Crippen molar-refractivity contribution in [2.24, 2.45) is 0 Å². The molecule has 1 atom stereocenters. The number of rotatable bonds is 8. The highest BCUT2D eigenvalue weighted by atomic mass is 16.5. The van der Waals surface area contributed by atoms with E-state index >= 15 is 0 Å². The van der Waals surface area contributed by atoms with Crippen molar-refractivity contribution in [3.05, 3.63) is 29.8 Å². The standard InChI is InChI=1S/C16H24N2O3/c1-13(18-9-2-3-10-18)12-17-8-11-21-15-6-4-14(5-7-15)16(19)20/h4-7,13,17H,2-3,8-12H2,1H3,(H,19,20). The highest BCUT2D eigenvalue weighted by molar-refractivity contribution is 5.87. The average molecular weight is 292 g/mol. The van der Waals surface area contributed by atoms with Crippen molar-refractivity contribution >= 4 is 5.97 Å². The van der Waals surface area contributed by atoms with E-state index in [1.165, 1.54) is 25.9 Å². The molecule has 116 valence electrons. The van der Waals surface area contributed by atoms with Gasteiger partial charge in [0.1, 0.15) is 12.4 Å². The van der Waals surface area contributed by atoms with Crippen molar-refractivity contribution in [2.45, 2.75) is 25.8 Å². The molecule has 0 aliphatic carbocycles. The van der Waals surface area contributed by atoms with Crippen LogP contribution in [0.1, 0.15) is 30.1 Å². The summed E-state index contributed by atoms with van der Waals surface area (Å²) in [6, 6.07) is 7.07. The van der Waals surface area contributed by atoms with Crippen LogP contribution in [0.3, 0.4) is 0 Å². The Labute approximate surface area is 125 Å². The van der Waals surface area contributed by atoms with E-state index in [0.717, 1.165) is 13.1 Å². The van der Waals surface area contributed by atoms with Gasteiger partial charge in [0, 0.05) is 19.1 Å². The maximum atomic E-state index is 10.7. The average Bonchev–Trinajstić information content (AvgIpc) is 3.01. The van der Waals surface area contributed by atoms with Crippen LogP contribution in [0.25, 0.3) is 0 Å². The molecule has 0 radical (unpaired) electrons. The van der Waals surface area contributed by atoms with Gasteiger partial charge in [0.05, 0.1) is 5.56 Å². The fraction of sp³-hybridized carbons (Fsp3) is 0.562. The number of carboxylic acids is 1. The van der Waals surface area contributed by atoms with E-state index in [1.807, 2.05) is 0 Å². The van der Waals surface area contributed by atoms with Crippen LogP contribution < -0.4 is 10.1 Å². The number of benzene rings is 1. The van der Waals surface area contributed by atoms with Crippen LogP contribution in [0, 0.1) is 0 Å². The number of aromatic carboxylic acids is 1. The minimum Gasteiger partial charge on any atom is -0.492 e. The van der Waals surface area contributed by atoms with Gasteiger partial charge in [-0.15, -0.1) is 0 Å². The number of hydrogen-bond donors (Lipinski definition) is 2. The highest BCUT2D eigenvalue weighted by Crippen LogP contribution is 2.12. The Morgan fingerprint density at radius 1 is 1.33 bits per heavy atom. The van der Waals surface area contributed by atoms with Gasteiger partial charge in [-0.05, 0) is 57.1 Å². The molecular weight excluding hydrogens is 268 g/mol. The number of likely N-dealkylation sites (tertiary alicyclic amines) is 1. The number of carboxylic acid groups (broad SMARTS) is 1. The van der Waals surface area contributed by atoms with Crippen LogP contribution in [0.15, 0.2) is 24.3 Å². The Bertz CT molecular complexity index is 441. The van der Waals surface area contributed by atoms with Crippen molar-refractivity contribution in [3.8, 4) is 5.75 Å². The summed E-state index contributed by atoms with van der Waals surface area (Å²) in [5, 5.41) is 12.2. The Hall–Kier alpha value is -1.59. The number of hydrogen-bond acceptors (Lipinski definition) is 4. The predicted molar refractivity (Wildman–Crippen MR) is 82.0 cm³/mol. The van der Waals surface area contributed by atoms with E-state index in [9.17, 15) is 4.79 Å². The van der Waals surface area contributed by atoms with Gasteiger partial charge >= 0.3 is 5.97 Å². The predicted octanol–water partition coefficient (Wildman–Crippen LogP) is 1.84. The second-order valence-electron chi connectivity index (χ2n) is 5.47. The largest absolute Gasteiger partial charge is 0.492 e. The molecule has 5 nitrogen and oxygen atoms in total. The van der Waals surface area contributed by atoms with E-state index < -0.39 is 5.97 Å². The molecule has 1 unspecified atom stereocenters. The van der Waals surface area contributed by atoms with E-state index in [4.69, 9.17) is 9.84 Å². The van der Waals surface area contributed by atoms with Crippen LogP contribution in [-0.2, 0) is 0 Å². The van der Waals surface area contributed by atoms with Crippen molar-refractivity contribution in [3.63, 3.8) is 0 Å². The topological polar surface area (TPSA) is 61.8 Å². The van der Waals surface area contributed by atoms with Crippen molar-refractivity contribution in [1.82, 2.24) is 10.2 Å². The summed E-state index contributed by atoms with van der Waals surface area (Å²) in [6.07, 6.45) is 2.64. The first kappa shape index (κ1) is 15.8. The minimum absolute atomic E-state index is 0.278. The van der Waals surface area contributed by atoms with Crippen LogP contribution in [0.4, 0.5) is 0 Å². The molecule has 1 aromatic rings. The highest BCUT2D eigenvalue weighted by Gasteiger charge is 2.17. The fourth-order valence-corrected chi connectivity index (χ4v) is 2.56. The van der Waals surface area contributed by atoms with Crippen LogP contribution in [0.5, 0.6) is 5.75 Å². The maximum absolute atomic E-state index is 10.7. The molecular formula is C16H24N2O3. The third-order valence-corrected chi connectivity index (χ3v) is 3.85. The third-order valence-electron chi connectivity index (χ3n) is 3.85. The Kier molecular flexibility index (Phi) is 6.02. The molecule has 1 heterocycles. The molecule has 1 saturated heterocycles. The second-order valence-corrected chi connectivity index (χ2v) is 5.47. The monoisotopic (exact) mass is 292 g/mol. The van der Waals surface area contributed by atoms with Crippen molar-refractivity contribution in [1.29, 1.82) is 0 Å². The molecule has 1 aliphatic rings. The van der Waals surface area contributed by atoms with Crippen molar-refractivity contribution in [2.75, 3.05) is 32.8 Å². The van der Waals surface area contributed by atoms with E-state index in [1.54, 1.807) is 24.3 Å². The maximum Gasteiger partial charge on any atom is 0.335 e. The van der Waals surface area contributed by atoms with E-state index in [0.29, 0.717) is 18.4 Å². The van der Waals surface area contributed by atoms with Gasteiger partial charge in [-0.3, -0.25) is 4.90 Å². The van der Waals surface area contributed by atoms with Crippen LogP contribution >= 0.6 is 0 Å². The first-order chi connectivity index (χ1) is 10.2. The molecule has 0 amide bonds. The SMILES string of the molecule is CC(CNCCOc1ccc(C(=O)O)cc1)N1CCCC1. The zero-order valence-corrected chi connectivity index (χ0v) is 12.5. The van der Waals surface area contributed by atoms with Gasteiger partial charge < -0.3 is 15.2 Å². The van der Waals surface area contributed by atoms with Gasteiger partial charge in [0.2, 0.25) is 0 Å². The summed E-state index contributed by atoms with van der Waals surface area (Å²) in [7, 11) is 0. The minimum atomic E-state index is -0.917. The summed E-state index contributed by atoms with van der Waals surface area (Å²) < 4.78 is 5.58. The lowest BCUT2D eigenvalue weighted by Gasteiger charge is -2.23. The third kappa shape index (κ3) is 5.02. The molecule has 0 bridgehead atoms. The molecule has 2 N–H and O–H groups in total. The number of carbonyl (C=O) groups is 1. The fourth-order valence-electron chi connectivity index (χ4n) is 2.56. The Balaban J connectivity index is 1.59. The molecule has 1 aliphatic heterocycles. The lowest BCUT2D eigenvalue weighted by molar-refractivity contribution is 0.0697. The summed E-state index contributed by atoms with van der Waals surface area (Å²) >= 11 is 0. The molecule has 21 heavy (non-hydrogen) atoms. The Morgan fingerprint density at radius 2 is 2.00 bits per heavy atom. The van der Waals surface area contributed by atoms with Crippen LogP contribution in [0.2, 0.25) is 0 Å². The molecule has 2 rings (SSSR count). The van der Waals surface area contributed by atoms with Gasteiger partial charge in [-0.25, -0.2) is 4.79 Å². The quantitative estimate of drug-likeness (QED) is 0.716. The summed E-state index contributed by atoms with van der Waals surface area (Å²) in [6.45, 7) is 7.04. The number of nitrogens with one attached hydrogen (secondary N) is 1. The first-order valence-corrected chi connectivity index (χ1v) is 7.58. The summed E-state index contributed by atoms with van der Waals surface area (Å²) in [5.74, 6) is -0.214. The molecule has 0 aromatic heterocycles. The number of nitrogens with zero attached hydrogens (tertiary/aromatic N) is 1.